The zero-order valence-corrected chi connectivity index (χ0v) is 10.6. The third kappa shape index (κ3) is 3.28. The van der Waals surface area contributed by atoms with Crippen LogP contribution in [-0.4, -0.2) is 32.6 Å². The number of benzene rings is 1. The first kappa shape index (κ1) is 13.5. The highest BCUT2D eigenvalue weighted by atomic mass is 16.2. The number of hydrogen-bond donors (Lipinski definition) is 4. The van der Waals surface area contributed by atoms with Gasteiger partial charge in [-0.15, -0.1) is 10.2 Å². The summed E-state index contributed by atoms with van der Waals surface area (Å²) in [4.78, 5) is 22.4. The minimum absolute atomic E-state index is 0.0242. The van der Waals surface area contributed by atoms with Gasteiger partial charge < -0.3 is 16.4 Å². The number of carbonyl (C=O) groups is 2. The van der Waals surface area contributed by atoms with E-state index in [9.17, 15) is 9.59 Å². The number of rotatable bonds is 4. The van der Waals surface area contributed by atoms with Gasteiger partial charge in [0.2, 0.25) is 0 Å². The number of nitrogens with two attached hydrogens (primary N) is 1. The topological polar surface area (TPSA) is 139 Å². The van der Waals surface area contributed by atoms with Crippen LogP contribution < -0.4 is 16.4 Å². The van der Waals surface area contributed by atoms with Gasteiger partial charge in [0.1, 0.15) is 0 Å². The summed E-state index contributed by atoms with van der Waals surface area (Å²) < 4.78 is 0. The summed E-state index contributed by atoms with van der Waals surface area (Å²) in [6.45, 7) is 1.81. The summed E-state index contributed by atoms with van der Waals surface area (Å²) in [7, 11) is 0. The van der Waals surface area contributed by atoms with Crippen LogP contribution in [0.3, 0.4) is 0 Å². The fraction of sp³-hybridized carbons (Fsp3) is 0.182. The molecule has 9 heteroatoms. The van der Waals surface area contributed by atoms with Gasteiger partial charge in [0.05, 0.1) is 6.04 Å². The summed E-state index contributed by atoms with van der Waals surface area (Å²) in [6.07, 6.45) is 0. The van der Waals surface area contributed by atoms with Gasteiger partial charge in [-0.2, -0.15) is 5.21 Å². The molecule has 0 aliphatic rings. The number of nitrogens with zero attached hydrogens (tertiary/aromatic N) is 3. The van der Waals surface area contributed by atoms with Gasteiger partial charge in [-0.3, -0.25) is 4.79 Å². The minimum atomic E-state index is -0.629. The molecule has 1 atom stereocenters. The van der Waals surface area contributed by atoms with Gasteiger partial charge in [-0.1, -0.05) is 12.1 Å². The minimum Gasteiger partial charge on any atom is -0.351 e. The van der Waals surface area contributed by atoms with E-state index in [4.69, 9.17) is 5.73 Å². The number of urea groups is 1. The standard InChI is InChI=1S/C11H13N7O2/c1-6(13-10(19)9-15-17-18-16-9)7-2-4-8(5-3-7)14-11(12)20/h2-6H,1H3,(H,13,19)(H3,12,14,20)(H,15,16,17,18). The summed E-state index contributed by atoms with van der Waals surface area (Å²) in [5, 5.41) is 17.9. The average Bonchev–Trinajstić information content (AvgIpc) is 2.92. The van der Waals surface area contributed by atoms with Crippen LogP contribution in [0.25, 0.3) is 0 Å². The van der Waals surface area contributed by atoms with Crippen molar-refractivity contribution in [1.82, 2.24) is 25.9 Å². The molecule has 0 saturated heterocycles. The molecule has 0 spiro atoms. The van der Waals surface area contributed by atoms with Crippen molar-refractivity contribution in [2.75, 3.05) is 5.32 Å². The van der Waals surface area contributed by atoms with E-state index in [1.165, 1.54) is 0 Å². The molecule has 1 aromatic heterocycles. The van der Waals surface area contributed by atoms with Gasteiger partial charge >= 0.3 is 6.03 Å². The first-order valence-corrected chi connectivity index (χ1v) is 5.77. The molecule has 1 unspecified atom stereocenters. The van der Waals surface area contributed by atoms with Crippen LogP contribution in [0.5, 0.6) is 0 Å². The van der Waals surface area contributed by atoms with Crippen LogP contribution in [0.15, 0.2) is 24.3 Å². The van der Waals surface area contributed by atoms with Gasteiger partial charge in [0.15, 0.2) is 0 Å². The Bertz CT molecular complexity index is 594. The van der Waals surface area contributed by atoms with Crippen molar-refractivity contribution < 1.29 is 9.59 Å². The number of amides is 3. The number of nitrogens with one attached hydrogen (secondary N) is 3. The Morgan fingerprint density at radius 2 is 2.00 bits per heavy atom. The number of tetrazole rings is 1. The molecule has 3 amide bonds. The molecule has 104 valence electrons. The van der Waals surface area contributed by atoms with Crippen LogP contribution in [0.2, 0.25) is 0 Å². The predicted molar refractivity (Wildman–Crippen MR) is 69.7 cm³/mol. The van der Waals surface area contributed by atoms with Crippen molar-refractivity contribution in [2.24, 2.45) is 5.73 Å². The number of primary amides is 1. The van der Waals surface area contributed by atoms with E-state index < -0.39 is 11.9 Å². The fourth-order valence-corrected chi connectivity index (χ4v) is 1.60. The Labute approximate surface area is 113 Å². The van der Waals surface area contributed by atoms with Crippen molar-refractivity contribution >= 4 is 17.6 Å². The van der Waals surface area contributed by atoms with Gasteiger partial charge in [-0.05, 0) is 29.8 Å². The Hall–Kier alpha value is -2.97. The van der Waals surface area contributed by atoms with E-state index in [1.54, 1.807) is 24.3 Å². The second-order valence-corrected chi connectivity index (χ2v) is 4.04. The third-order valence-corrected chi connectivity index (χ3v) is 2.57. The number of hydrogen-bond acceptors (Lipinski definition) is 5. The summed E-state index contributed by atoms with van der Waals surface area (Å²) in [5.41, 5.74) is 6.45. The summed E-state index contributed by atoms with van der Waals surface area (Å²) in [5.74, 6) is -0.450. The van der Waals surface area contributed by atoms with Crippen molar-refractivity contribution in [3.05, 3.63) is 35.7 Å². The van der Waals surface area contributed by atoms with Crippen molar-refractivity contribution in [1.29, 1.82) is 0 Å². The highest BCUT2D eigenvalue weighted by molar-refractivity contribution is 5.90. The van der Waals surface area contributed by atoms with E-state index >= 15 is 0 Å². The maximum absolute atomic E-state index is 11.7. The highest BCUT2D eigenvalue weighted by Crippen LogP contribution is 2.16. The second-order valence-electron chi connectivity index (χ2n) is 4.04. The molecule has 0 bridgehead atoms. The Morgan fingerprint density at radius 1 is 1.30 bits per heavy atom. The van der Waals surface area contributed by atoms with Crippen LogP contribution in [0, 0.1) is 0 Å². The first-order chi connectivity index (χ1) is 9.56. The van der Waals surface area contributed by atoms with E-state index in [-0.39, 0.29) is 11.9 Å². The average molecular weight is 275 g/mol. The maximum atomic E-state index is 11.7. The molecular weight excluding hydrogens is 262 g/mol. The SMILES string of the molecule is CC(NC(=O)c1nn[nH]n1)c1ccc(NC(N)=O)cc1. The molecular formula is C11H13N7O2. The molecule has 9 nitrogen and oxygen atoms in total. The largest absolute Gasteiger partial charge is 0.351 e. The van der Waals surface area contributed by atoms with E-state index in [0.717, 1.165) is 5.56 Å². The summed E-state index contributed by atoms with van der Waals surface area (Å²) >= 11 is 0. The van der Waals surface area contributed by atoms with Crippen molar-refractivity contribution in [2.45, 2.75) is 13.0 Å². The van der Waals surface area contributed by atoms with Gasteiger partial charge in [-0.25, -0.2) is 4.79 Å². The highest BCUT2D eigenvalue weighted by Gasteiger charge is 2.14. The first-order valence-electron chi connectivity index (χ1n) is 5.77. The lowest BCUT2D eigenvalue weighted by atomic mass is 10.1. The van der Waals surface area contributed by atoms with E-state index in [2.05, 4.69) is 31.3 Å². The zero-order valence-electron chi connectivity index (χ0n) is 10.6. The molecule has 1 heterocycles. The Morgan fingerprint density at radius 3 is 2.55 bits per heavy atom. The van der Waals surface area contributed by atoms with Gasteiger partial charge in [0, 0.05) is 5.69 Å². The van der Waals surface area contributed by atoms with Crippen LogP contribution in [0.4, 0.5) is 10.5 Å². The molecule has 0 aliphatic carbocycles. The molecule has 2 rings (SSSR count). The van der Waals surface area contributed by atoms with Crippen LogP contribution in [0.1, 0.15) is 29.1 Å². The fourth-order valence-electron chi connectivity index (χ4n) is 1.60. The maximum Gasteiger partial charge on any atom is 0.316 e. The van der Waals surface area contributed by atoms with Crippen molar-refractivity contribution in [3.63, 3.8) is 0 Å². The number of anilines is 1. The Balaban J connectivity index is 2.00. The Kier molecular flexibility index (Phi) is 3.89. The molecule has 0 saturated carbocycles. The second kappa shape index (κ2) is 5.78. The van der Waals surface area contributed by atoms with Gasteiger partial charge in [0.25, 0.3) is 11.7 Å². The smallest absolute Gasteiger partial charge is 0.316 e. The van der Waals surface area contributed by atoms with E-state index in [1.807, 2.05) is 6.92 Å². The number of aromatic nitrogens is 4. The molecule has 0 fully saturated rings. The molecule has 0 aliphatic heterocycles. The third-order valence-electron chi connectivity index (χ3n) is 2.57. The van der Waals surface area contributed by atoms with E-state index in [0.29, 0.717) is 5.69 Å². The predicted octanol–water partition coefficient (Wildman–Crippen LogP) is 0.181. The molecule has 2 aromatic rings. The molecule has 5 N–H and O–H groups in total. The number of carbonyl (C=O) groups excluding carboxylic acids is 2. The lowest BCUT2D eigenvalue weighted by Crippen LogP contribution is -2.27. The normalized spacial score (nSPS) is 11.7. The quantitative estimate of drug-likeness (QED) is 0.630. The number of H-pyrrole nitrogens is 1. The number of aromatic amines is 1. The summed E-state index contributed by atoms with van der Waals surface area (Å²) in [6, 6.07) is 6.05. The molecule has 1 aromatic carbocycles. The van der Waals surface area contributed by atoms with Crippen LogP contribution >= 0.6 is 0 Å². The van der Waals surface area contributed by atoms with Crippen molar-refractivity contribution in [3.8, 4) is 0 Å². The molecule has 0 radical (unpaired) electrons. The lowest BCUT2D eigenvalue weighted by molar-refractivity contribution is 0.0929. The van der Waals surface area contributed by atoms with Crippen LogP contribution in [-0.2, 0) is 0 Å². The lowest BCUT2D eigenvalue weighted by Gasteiger charge is -2.13. The zero-order chi connectivity index (χ0) is 14.5. The monoisotopic (exact) mass is 275 g/mol. The molecule has 20 heavy (non-hydrogen) atoms.